The Balaban J connectivity index is 1.58. The topological polar surface area (TPSA) is 73.1 Å². The van der Waals surface area contributed by atoms with E-state index >= 15 is 0 Å². The van der Waals surface area contributed by atoms with Crippen molar-refractivity contribution >= 4 is 0 Å². The molecule has 0 aromatic carbocycles. The predicted octanol–water partition coefficient (Wildman–Crippen LogP) is 1.51. The Hall–Kier alpha value is -1.95. The molecule has 1 saturated heterocycles. The third-order valence-electron chi connectivity index (χ3n) is 3.18. The van der Waals surface area contributed by atoms with Crippen LogP contribution in [0.25, 0.3) is 0 Å². The lowest BCUT2D eigenvalue weighted by Gasteiger charge is -2.18. The normalized spacial score (nSPS) is 16.4. The number of hydrogen-bond donors (Lipinski definition) is 1. The maximum atomic E-state index is 5.52. The van der Waals surface area contributed by atoms with Gasteiger partial charge in [0.2, 0.25) is 0 Å². The van der Waals surface area contributed by atoms with Crippen molar-refractivity contribution in [1.29, 1.82) is 0 Å². The SMILES string of the molecule is c1cncc(OCc2nc(C3CCNCC3)no2)c1. The zero-order valence-corrected chi connectivity index (χ0v) is 10.6. The van der Waals surface area contributed by atoms with Crippen molar-refractivity contribution in [3.63, 3.8) is 0 Å². The lowest BCUT2D eigenvalue weighted by atomic mass is 9.98. The van der Waals surface area contributed by atoms with E-state index in [2.05, 4.69) is 20.4 Å². The maximum absolute atomic E-state index is 5.52. The largest absolute Gasteiger partial charge is 0.482 e. The lowest BCUT2D eigenvalue weighted by molar-refractivity contribution is 0.241. The molecule has 6 nitrogen and oxygen atoms in total. The van der Waals surface area contributed by atoms with E-state index in [9.17, 15) is 0 Å². The fourth-order valence-corrected chi connectivity index (χ4v) is 2.15. The smallest absolute Gasteiger partial charge is 0.264 e. The minimum Gasteiger partial charge on any atom is -0.482 e. The highest BCUT2D eigenvalue weighted by molar-refractivity contribution is 5.15. The average Bonchev–Trinajstić information content (AvgIpc) is 2.96. The Morgan fingerprint density at radius 3 is 3.05 bits per heavy atom. The molecule has 3 heterocycles. The second kappa shape index (κ2) is 5.79. The van der Waals surface area contributed by atoms with Gasteiger partial charge in [0, 0.05) is 12.1 Å². The number of nitrogens with one attached hydrogen (secondary N) is 1. The summed E-state index contributed by atoms with van der Waals surface area (Å²) in [6, 6.07) is 3.67. The van der Waals surface area contributed by atoms with E-state index in [0.717, 1.165) is 31.8 Å². The first-order chi connectivity index (χ1) is 9.42. The molecular weight excluding hydrogens is 244 g/mol. The Labute approximate surface area is 111 Å². The quantitative estimate of drug-likeness (QED) is 0.898. The summed E-state index contributed by atoms with van der Waals surface area (Å²) in [5, 5.41) is 7.36. The fourth-order valence-electron chi connectivity index (χ4n) is 2.15. The highest BCUT2D eigenvalue weighted by Gasteiger charge is 2.20. The van der Waals surface area contributed by atoms with Gasteiger partial charge in [0.15, 0.2) is 12.4 Å². The van der Waals surface area contributed by atoms with Crippen LogP contribution >= 0.6 is 0 Å². The summed E-state index contributed by atoms with van der Waals surface area (Å²) in [6.07, 6.45) is 5.48. The molecule has 0 bridgehead atoms. The van der Waals surface area contributed by atoms with Gasteiger partial charge in [-0.3, -0.25) is 4.98 Å². The summed E-state index contributed by atoms with van der Waals surface area (Å²) in [7, 11) is 0. The van der Waals surface area contributed by atoms with Crippen molar-refractivity contribution in [2.24, 2.45) is 0 Å². The van der Waals surface area contributed by atoms with Gasteiger partial charge in [-0.15, -0.1) is 0 Å². The Morgan fingerprint density at radius 2 is 2.26 bits per heavy atom. The van der Waals surface area contributed by atoms with Crippen LogP contribution in [0.15, 0.2) is 29.0 Å². The Morgan fingerprint density at radius 1 is 1.37 bits per heavy atom. The fraction of sp³-hybridized carbons (Fsp3) is 0.462. The van der Waals surface area contributed by atoms with Crippen LogP contribution in [-0.4, -0.2) is 28.2 Å². The Bertz CT molecular complexity index is 508. The van der Waals surface area contributed by atoms with Crippen molar-refractivity contribution in [2.45, 2.75) is 25.4 Å². The molecule has 100 valence electrons. The lowest BCUT2D eigenvalue weighted by Crippen LogP contribution is -2.27. The van der Waals surface area contributed by atoms with Gasteiger partial charge in [-0.05, 0) is 38.1 Å². The van der Waals surface area contributed by atoms with Crippen LogP contribution in [0.2, 0.25) is 0 Å². The van der Waals surface area contributed by atoms with Crippen molar-refractivity contribution in [1.82, 2.24) is 20.4 Å². The summed E-state index contributed by atoms with van der Waals surface area (Å²) in [5.41, 5.74) is 0. The van der Waals surface area contributed by atoms with Crippen LogP contribution in [0.5, 0.6) is 5.75 Å². The van der Waals surface area contributed by atoms with E-state index in [0.29, 0.717) is 17.6 Å². The molecule has 0 saturated carbocycles. The molecule has 1 aliphatic heterocycles. The standard InChI is InChI=1S/C13H16N4O2/c1-2-11(8-15-5-1)18-9-12-16-13(17-19-12)10-3-6-14-7-4-10/h1-2,5,8,10,14H,3-4,6-7,9H2. The molecule has 6 heteroatoms. The first-order valence-corrected chi connectivity index (χ1v) is 6.48. The summed E-state index contributed by atoms with van der Waals surface area (Å²) >= 11 is 0. The van der Waals surface area contributed by atoms with E-state index in [1.54, 1.807) is 12.4 Å². The van der Waals surface area contributed by atoms with E-state index in [-0.39, 0.29) is 6.61 Å². The summed E-state index contributed by atoms with van der Waals surface area (Å²) in [6.45, 7) is 2.31. The zero-order chi connectivity index (χ0) is 12.9. The number of aromatic nitrogens is 3. The zero-order valence-electron chi connectivity index (χ0n) is 10.6. The molecule has 2 aromatic rings. The van der Waals surface area contributed by atoms with Gasteiger partial charge >= 0.3 is 0 Å². The van der Waals surface area contributed by atoms with Crippen LogP contribution in [0, 0.1) is 0 Å². The van der Waals surface area contributed by atoms with E-state index in [1.165, 1.54) is 0 Å². The second-order valence-corrected chi connectivity index (χ2v) is 4.55. The number of rotatable bonds is 4. The molecule has 0 unspecified atom stereocenters. The van der Waals surface area contributed by atoms with Gasteiger partial charge < -0.3 is 14.6 Å². The number of piperidine rings is 1. The molecular formula is C13H16N4O2. The van der Waals surface area contributed by atoms with Gasteiger partial charge in [0.05, 0.1) is 6.20 Å². The highest BCUT2D eigenvalue weighted by Crippen LogP contribution is 2.22. The van der Waals surface area contributed by atoms with E-state index in [4.69, 9.17) is 9.26 Å². The van der Waals surface area contributed by atoms with E-state index < -0.39 is 0 Å². The Kier molecular flexibility index (Phi) is 3.69. The van der Waals surface area contributed by atoms with Crippen LogP contribution < -0.4 is 10.1 Å². The number of ether oxygens (including phenoxy) is 1. The van der Waals surface area contributed by atoms with Crippen LogP contribution in [0.3, 0.4) is 0 Å². The molecule has 1 aliphatic rings. The molecule has 2 aromatic heterocycles. The molecule has 1 N–H and O–H groups in total. The number of hydrogen-bond acceptors (Lipinski definition) is 6. The molecule has 0 radical (unpaired) electrons. The number of pyridine rings is 1. The summed E-state index contributed by atoms with van der Waals surface area (Å²) < 4.78 is 10.7. The second-order valence-electron chi connectivity index (χ2n) is 4.55. The molecule has 19 heavy (non-hydrogen) atoms. The average molecular weight is 260 g/mol. The first-order valence-electron chi connectivity index (χ1n) is 6.48. The minimum absolute atomic E-state index is 0.281. The van der Waals surface area contributed by atoms with Crippen molar-refractivity contribution in [3.05, 3.63) is 36.2 Å². The van der Waals surface area contributed by atoms with Gasteiger partial charge in [0.25, 0.3) is 5.89 Å². The molecule has 0 aliphatic carbocycles. The summed E-state index contributed by atoms with van der Waals surface area (Å²) in [4.78, 5) is 8.38. The van der Waals surface area contributed by atoms with Crippen LogP contribution in [-0.2, 0) is 6.61 Å². The third kappa shape index (κ3) is 3.08. The molecule has 0 amide bonds. The van der Waals surface area contributed by atoms with Gasteiger partial charge in [-0.25, -0.2) is 0 Å². The summed E-state index contributed by atoms with van der Waals surface area (Å²) in [5.74, 6) is 2.41. The van der Waals surface area contributed by atoms with Crippen molar-refractivity contribution in [3.8, 4) is 5.75 Å². The maximum Gasteiger partial charge on any atom is 0.264 e. The monoisotopic (exact) mass is 260 g/mol. The minimum atomic E-state index is 0.281. The van der Waals surface area contributed by atoms with Gasteiger partial charge in [-0.1, -0.05) is 5.16 Å². The van der Waals surface area contributed by atoms with Crippen LogP contribution in [0.1, 0.15) is 30.5 Å². The van der Waals surface area contributed by atoms with Gasteiger partial charge in [0.1, 0.15) is 5.75 Å². The third-order valence-corrected chi connectivity index (χ3v) is 3.18. The van der Waals surface area contributed by atoms with Crippen LogP contribution in [0.4, 0.5) is 0 Å². The molecule has 1 fully saturated rings. The molecule has 3 rings (SSSR count). The highest BCUT2D eigenvalue weighted by atomic mass is 16.5. The first kappa shape index (κ1) is 12.1. The van der Waals surface area contributed by atoms with Gasteiger partial charge in [-0.2, -0.15) is 4.98 Å². The van der Waals surface area contributed by atoms with Crippen molar-refractivity contribution < 1.29 is 9.26 Å². The number of nitrogens with zero attached hydrogens (tertiary/aromatic N) is 3. The van der Waals surface area contributed by atoms with Crippen molar-refractivity contribution in [2.75, 3.05) is 13.1 Å². The van der Waals surface area contributed by atoms with E-state index in [1.807, 2.05) is 12.1 Å². The predicted molar refractivity (Wildman–Crippen MR) is 67.7 cm³/mol. The molecule has 0 spiro atoms. The molecule has 0 atom stereocenters.